The fraction of sp³-hybridized carbons (Fsp3) is 0.533. The van der Waals surface area contributed by atoms with Gasteiger partial charge >= 0.3 is 0 Å². The molecule has 0 radical (unpaired) electrons. The summed E-state index contributed by atoms with van der Waals surface area (Å²) in [6, 6.07) is 25.8. The van der Waals surface area contributed by atoms with E-state index in [9.17, 15) is 0 Å². The first kappa shape index (κ1) is 25.5. The summed E-state index contributed by atoms with van der Waals surface area (Å²) in [5.74, 6) is 2.59. The Kier molecular flexibility index (Phi) is 7.61. The van der Waals surface area contributed by atoms with Gasteiger partial charge in [0.1, 0.15) is 0 Å². The highest BCUT2D eigenvalue weighted by Crippen LogP contribution is 2.48. The van der Waals surface area contributed by atoms with E-state index < -0.39 is 16.6 Å². The summed E-state index contributed by atoms with van der Waals surface area (Å²) in [5.41, 5.74) is 0. The number of hydrogen-bond acceptors (Lipinski definition) is 2. The molecule has 0 unspecified atom stereocenters. The molecule has 2 aliphatic rings. The van der Waals surface area contributed by atoms with Crippen molar-refractivity contribution >= 4 is 27.0 Å². The van der Waals surface area contributed by atoms with Gasteiger partial charge in [0.05, 0.1) is 5.76 Å². The molecule has 1 saturated carbocycles. The summed E-state index contributed by atoms with van der Waals surface area (Å²) in [4.78, 5) is 0. The van der Waals surface area contributed by atoms with Gasteiger partial charge < -0.3 is 8.85 Å². The van der Waals surface area contributed by atoms with Crippen LogP contribution < -0.4 is 10.4 Å². The van der Waals surface area contributed by atoms with E-state index in [4.69, 9.17) is 8.85 Å². The molecule has 0 bridgehead atoms. The zero-order valence-corrected chi connectivity index (χ0v) is 24.1. The van der Waals surface area contributed by atoms with Gasteiger partial charge in [-0.2, -0.15) is 0 Å². The van der Waals surface area contributed by atoms with Crippen LogP contribution in [0.3, 0.4) is 0 Å². The fourth-order valence-electron chi connectivity index (χ4n) is 6.47. The minimum Gasteiger partial charge on any atom is -0.547 e. The third kappa shape index (κ3) is 4.74. The smallest absolute Gasteiger partial charge is 0.261 e. The second kappa shape index (κ2) is 10.2. The van der Waals surface area contributed by atoms with Crippen LogP contribution in [0.1, 0.15) is 60.8 Å². The van der Waals surface area contributed by atoms with Gasteiger partial charge in [-0.05, 0) is 64.3 Å². The molecule has 0 spiro atoms. The zero-order chi connectivity index (χ0) is 24.4. The molecule has 184 valence electrons. The summed E-state index contributed by atoms with van der Waals surface area (Å²) in [6.45, 7) is 14.1. The fourth-order valence-corrected chi connectivity index (χ4v) is 13.8. The third-order valence-corrected chi connectivity index (χ3v) is 18.3. The standard InChI is InChI=1S/C30H44O2Si2/c1-7-33(8-2,9-3)31-26-20-24-22-27(23-25(24)21-26)32-34(30(4,5)6,28-16-12-10-13-17-28)29-18-14-11-15-19-29/h10-20,24-25,27H,7-9,21-23H2,1-6H3/t24-,25+,27+/m0/s1. The SMILES string of the molecule is CC[Si](CC)(CC)OC1=C[C@H]2C[C@@H](O[Si](c3ccccc3)(c3ccccc3)C(C)(C)C)C[C@H]2C1. The van der Waals surface area contributed by atoms with Gasteiger partial charge in [-0.15, -0.1) is 0 Å². The molecular weight excluding hydrogens is 449 g/mol. The average molecular weight is 493 g/mol. The van der Waals surface area contributed by atoms with Crippen LogP contribution in [0.25, 0.3) is 0 Å². The maximum absolute atomic E-state index is 7.45. The summed E-state index contributed by atoms with van der Waals surface area (Å²) < 4.78 is 14.2. The topological polar surface area (TPSA) is 18.5 Å². The number of benzene rings is 2. The predicted octanol–water partition coefficient (Wildman–Crippen LogP) is 7.27. The molecule has 2 aromatic carbocycles. The molecule has 34 heavy (non-hydrogen) atoms. The van der Waals surface area contributed by atoms with Crippen LogP contribution in [0.2, 0.25) is 23.2 Å². The maximum atomic E-state index is 7.45. The van der Waals surface area contributed by atoms with E-state index in [1.807, 2.05) is 0 Å². The van der Waals surface area contributed by atoms with Crippen LogP contribution in [0.4, 0.5) is 0 Å². The van der Waals surface area contributed by atoms with Gasteiger partial charge in [-0.25, -0.2) is 0 Å². The molecular formula is C30H44O2Si2. The number of rotatable bonds is 9. The van der Waals surface area contributed by atoms with Gasteiger partial charge in [-0.1, -0.05) is 102 Å². The second-order valence-corrected chi connectivity index (χ2v) is 20.4. The Bertz CT molecular complexity index is 913. The Hall–Kier alpha value is -1.63. The highest BCUT2D eigenvalue weighted by atomic mass is 28.4. The molecule has 4 heteroatoms. The predicted molar refractivity (Wildman–Crippen MR) is 150 cm³/mol. The Morgan fingerprint density at radius 3 is 1.76 bits per heavy atom. The molecule has 0 heterocycles. The summed E-state index contributed by atoms with van der Waals surface area (Å²) in [7, 11) is -4.07. The quantitative estimate of drug-likeness (QED) is 0.343. The van der Waals surface area contributed by atoms with Crippen LogP contribution >= 0.6 is 0 Å². The van der Waals surface area contributed by atoms with E-state index in [1.165, 1.54) is 34.3 Å². The van der Waals surface area contributed by atoms with Crippen molar-refractivity contribution in [1.82, 2.24) is 0 Å². The largest absolute Gasteiger partial charge is 0.547 e. The molecule has 0 aliphatic heterocycles. The Labute approximate surface area is 210 Å². The monoisotopic (exact) mass is 492 g/mol. The molecule has 0 aromatic heterocycles. The van der Waals surface area contributed by atoms with Crippen molar-refractivity contribution in [2.45, 2.75) is 90.1 Å². The number of fused-ring (bicyclic) bond motifs is 1. The highest BCUT2D eigenvalue weighted by Gasteiger charge is 2.53. The van der Waals surface area contributed by atoms with Gasteiger partial charge in [0.25, 0.3) is 8.32 Å². The van der Waals surface area contributed by atoms with Gasteiger partial charge in [0, 0.05) is 12.5 Å². The highest BCUT2D eigenvalue weighted by molar-refractivity contribution is 6.99. The Morgan fingerprint density at radius 1 is 0.794 bits per heavy atom. The van der Waals surface area contributed by atoms with E-state index >= 15 is 0 Å². The first-order valence-corrected chi connectivity index (χ1v) is 17.9. The second-order valence-electron chi connectivity index (χ2n) is 11.5. The van der Waals surface area contributed by atoms with Crippen molar-refractivity contribution in [1.29, 1.82) is 0 Å². The van der Waals surface area contributed by atoms with Crippen molar-refractivity contribution in [3.05, 3.63) is 72.5 Å². The molecule has 4 rings (SSSR count). The Morgan fingerprint density at radius 2 is 1.32 bits per heavy atom. The molecule has 0 saturated heterocycles. The maximum Gasteiger partial charge on any atom is 0.261 e. The summed E-state index contributed by atoms with van der Waals surface area (Å²) in [5, 5.41) is 2.80. The van der Waals surface area contributed by atoms with Crippen molar-refractivity contribution < 1.29 is 8.85 Å². The van der Waals surface area contributed by atoms with Gasteiger partial charge in [0.2, 0.25) is 8.32 Å². The minimum atomic E-state index is -2.48. The molecule has 3 atom stereocenters. The Balaban J connectivity index is 1.60. The van der Waals surface area contributed by atoms with Crippen molar-refractivity contribution in [2.75, 3.05) is 0 Å². The lowest BCUT2D eigenvalue weighted by molar-refractivity contribution is 0.186. The van der Waals surface area contributed by atoms with Crippen molar-refractivity contribution in [3.8, 4) is 0 Å². The lowest BCUT2D eigenvalue weighted by Crippen LogP contribution is -2.67. The van der Waals surface area contributed by atoms with Crippen LogP contribution in [0.5, 0.6) is 0 Å². The molecule has 1 fully saturated rings. The number of allylic oxidation sites excluding steroid dienone is 2. The average Bonchev–Trinajstić information content (AvgIpc) is 3.39. The van der Waals surface area contributed by atoms with E-state index in [0.717, 1.165) is 19.3 Å². The van der Waals surface area contributed by atoms with Crippen LogP contribution in [-0.2, 0) is 8.85 Å². The molecule has 2 aromatic rings. The van der Waals surface area contributed by atoms with Crippen molar-refractivity contribution in [3.63, 3.8) is 0 Å². The first-order chi connectivity index (χ1) is 16.3. The van der Waals surface area contributed by atoms with E-state index in [2.05, 4.69) is 108 Å². The zero-order valence-electron chi connectivity index (χ0n) is 22.1. The third-order valence-electron chi connectivity index (χ3n) is 8.61. The summed E-state index contributed by atoms with van der Waals surface area (Å²) in [6.07, 6.45) is 6.19. The minimum absolute atomic E-state index is 0.0338. The number of hydrogen-bond donors (Lipinski definition) is 0. The normalized spacial score (nSPS) is 23.0. The molecule has 2 aliphatic carbocycles. The van der Waals surface area contributed by atoms with E-state index in [1.54, 1.807) is 0 Å². The molecule has 2 nitrogen and oxygen atoms in total. The van der Waals surface area contributed by atoms with Gasteiger partial charge in [0.15, 0.2) is 0 Å². The molecule has 0 N–H and O–H groups in total. The van der Waals surface area contributed by atoms with E-state index in [-0.39, 0.29) is 5.04 Å². The van der Waals surface area contributed by atoms with Gasteiger partial charge in [-0.3, -0.25) is 0 Å². The van der Waals surface area contributed by atoms with Crippen LogP contribution in [0, 0.1) is 11.8 Å². The first-order valence-electron chi connectivity index (χ1n) is 13.5. The molecule has 0 amide bonds. The summed E-state index contributed by atoms with van der Waals surface area (Å²) >= 11 is 0. The van der Waals surface area contributed by atoms with Crippen LogP contribution in [0.15, 0.2) is 72.5 Å². The van der Waals surface area contributed by atoms with Crippen molar-refractivity contribution in [2.24, 2.45) is 11.8 Å². The lowest BCUT2D eigenvalue weighted by Gasteiger charge is -2.44. The lowest BCUT2D eigenvalue weighted by atomic mass is 10.0. The van der Waals surface area contributed by atoms with E-state index in [0.29, 0.717) is 17.9 Å². The van der Waals surface area contributed by atoms with Crippen LogP contribution in [-0.4, -0.2) is 22.7 Å².